The molecule has 1 aliphatic rings. The number of thiazole rings is 1. The first-order valence-electron chi connectivity index (χ1n) is 8.33. The summed E-state index contributed by atoms with van der Waals surface area (Å²) in [7, 11) is 0. The van der Waals surface area contributed by atoms with E-state index in [-0.39, 0.29) is 24.2 Å². The van der Waals surface area contributed by atoms with Crippen molar-refractivity contribution >= 4 is 17.4 Å². The third kappa shape index (κ3) is 3.94. The Morgan fingerprint density at radius 1 is 1.42 bits per heavy atom. The van der Waals surface area contributed by atoms with Gasteiger partial charge in [-0.25, -0.2) is 9.78 Å². The van der Waals surface area contributed by atoms with Crippen molar-refractivity contribution in [2.24, 2.45) is 0 Å². The second-order valence-electron chi connectivity index (χ2n) is 6.00. The maximum atomic E-state index is 12.4. The number of carbonyl (C=O) groups is 1. The molecule has 0 radical (unpaired) electrons. The summed E-state index contributed by atoms with van der Waals surface area (Å²) in [6.45, 7) is 4.67. The molecule has 1 fully saturated rings. The van der Waals surface area contributed by atoms with Gasteiger partial charge in [0, 0.05) is 17.7 Å². The highest BCUT2D eigenvalue weighted by molar-refractivity contribution is 7.09. The zero-order valence-electron chi connectivity index (χ0n) is 14.0. The Balaban J connectivity index is 1.61. The number of ether oxygens (including phenoxy) is 1. The number of amides is 2. The van der Waals surface area contributed by atoms with Crippen molar-refractivity contribution in [3.63, 3.8) is 0 Å². The second kappa shape index (κ2) is 7.77. The van der Waals surface area contributed by atoms with E-state index in [0.29, 0.717) is 6.61 Å². The number of urea groups is 1. The predicted molar refractivity (Wildman–Crippen MR) is 95.1 cm³/mol. The summed E-state index contributed by atoms with van der Waals surface area (Å²) in [5, 5.41) is 9.07. The van der Waals surface area contributed by atoms with E-state index in [9.17, 15) is 4.79 Å². The van der Waals surface area contributed by atoms with Gasteiger partial charge in [0.2, 0.25) is 0 Å². The van der Waals surface area contributed by atoms with Gasteiger partial charge < -0.3 is 15.4 Å². The molecule has 1 aromatic heterocycles. The molecule has 0 aliphatic carbocycles. The molecule has 24 heavy (non-hydrogen) atoms. The van der Waals surface area contributed by atoms with E-state index in [1.165, 1.54) is 0 Å². The van der Waals surface area contributed by atoms with E-state index in [1.54, 1.807) is 11.3 Å². The molecule has 1 saturated heterocycles. The minimum atomic E-state index is -0.161. The maximum absolute atomic E-state index is 12.4. The third-order valence-corrected chi connectivity index (χ3v) is 5.26. The van der Waals surface area contributed by atoms with Gasteiger partial charge in [0.1, 0.15) is 11.1 Å². The maximum Gasteiger partial charge on any atom is 0.315 e. The molecule has 0 bridgehead atoms. The SMILES string of the molecule is CC[C@H](NC(=O)N[C@@H]1CCO[C@H]1c1ccccc1)c1nc(C)cs1. The largest absolute Gasteiger partial charge is 0.371 e. The van der Waals surface area contributed by atoms with Crippen LogP contribution in [-0.2, 0) is 4.74 Å². The molecular formula is C18H23N3O2S. The highest BCUT2D eigenvalue weighted by Crippen LogP contribution is 2.29. The Labute approximate surface area is 146 Å². The van der Waals surface area contributed by atoms with Gasteiger partial charge in [-0.05, 0) is 25.3 Å². The summed E-state index contributed by atoms with van der Waals surface area (Å²) >= 11 is 1.59. The molecule has 3 atom stereocenters. The number of rotatable bonds is 5. The number of hydrogen-bond donors (Lipinski definition) is 2. The molecule has 3 rings (SSSR count). The van der Waals surface area contributed by atoms with E-state index in [1.807, 2.05) is 49.6 Å². The van der Waals surface area contributed by atoms with Crippen LogP contribution in [-0.4, -0.2) is 23.7 Å². The van der Waals surface area contributed by atoms with Gasteiger partial charge in [-0.15, -0.1) is 11.3 Å². The topological polar surface area (TPSA) is 63.2 Å². The molecule has 2 aromatic rings. The number of benzene rings is 1. The van der Waals surface area contributed by atoms with Crippen molar-refractivity contribution < 1.29 is 9.53 Å². The Kier molecular flexibility index (Phi) is 5.48. The normalized spacial score (nSPS) is 21.4. The summed E-state index contributed by atoms with van der Waals surface area (Å²) in [5.41, 5.74) is 2.09. The highest BCUT2D eigenvalue weighted by Gasteiger charge is 2.31. The summed E-state index contributed by atoms with van der Waals surface area (Å²) in [6.07, 6.45) is 1.54. The molecule has 1 aliphatic heterocycles. The molecule has 5 nitrogen and oxygen atoms in total. The molecule has 0 saturated carbocycles. The summed E-state index contributed by atoms with van der Waals surface area (Å²) in [4.78, 5) is 16.9. The molecular weight excluding hydrogens is 322 g/mol. The van der Waals surface area contributed by atoms with Crippen LogP contribution in [0.2, 0.25) is 0 Å². The van der Waals surface area contributed by atoms with Crippen LogP contribution in [0.15, 0.2) is 35.7 Å². The molecule has 0 unspecified atom stereocenters. The van der Waals surface area contributed by atoms with Crippen LogP contribution < -0.4 is 10.6 Å². The first-order chi connectivity index (χ1) is 11.7. The monoisotopic (exact) mass is 345 g/mol. The molecule has 2 N–H and O–H groups in total. The lowest BCUT2D eigenvalue weighted by molar-refractivity contribution is 0.0998. The first-order valence-corrected chi connectivity index (χ1v) is 9.21. The number of aromatic nitrogens is 1. The van der Waals surface area contributed by atoms with E-state index >= 15 is 0 Å². The molecule has 0 spiro atoms. The number of nitrogens with zero attached hydrogens (tertiary/aromatic N) is 1. The molecule has 2 amide bonds. The van der Waals surface area contributed by atoms with E-state index in [4.69, 9.17) is 4.74 Å². The predicted octanol–water partition coefficient (Wildman–Crippen LogP) is 3.73. The van der Waals surface area contributed by atoms with Crippen LogP contribution in [0.4, 0.5) is 4.79 Å². The van der Waals surface area contributed by atoms with Gasteiger partial charge in [0.15, 0.2) is 0 Å². The number of nitrogens with one attached hydrogen (secondary N) is 2. The van der Waals surface area contributed by atoms with Gasteiger partial charge in [0.25, 0.3) is 0 Å². The smallest absolute Gasteiger partial charge is 0.315 e. The molecule has 1 aromatic carbocycles. The van der Waals surface area contributed by atoms with Crippen molar-refractivity contribution in [3.8, 4) is 0 Å². The Hall–Kier alpha value is -1.92. The lowest BCUT2D eigenvalue weighted by Gasteiger charge is -2.22. The fourth-order valence-corrected chi connectivity index (χ4v) is 3.88. The summed E-state index contributed by atoms with van der Waals surface area (Å²) in [5.74, 6) is 0. The number of hydrogen-bond acceptors (Lipinski definition) is 4. The second-order valence-corrected chi connectivity index (χ2v) is 6.89. The minimum absolute atomic E-state index is 0.0112. The third-order valence-electron chi connectivity index (χ3n) is 4.18. The van der Waals surface area contributed by atoms with E-state index in [0.717, 1.165) is 29.1 Å². The van der Waals surface area contributed by atoms with Crippen molar-refractivity contribution in [2.45, 2.75) is 44.9 Å². The zero-order chi connectivity index (χ0) is 16.9. The van der Waals surface area contributed by atoms with Crippen LogP contribution in [0.1, 0.15) is 48.2 Å². The molecule has 2 heterocycles. The first kappa shape index (κ1) is 16.9. The fraction of sp³-hybridized carbons (Fsp3) is 0.444. The standard InChI is InChI=1S/C18H23N3O2S/c1-3-14(17-19-12(2)11-24-17)20-18(22)21-15-9-10-23-16(15)13-7-5-4-6-8-13/h4-8,11,14-16H,3,9-10H2,1-2H3,(H2,20,21,22)/t14-,15+,16-/m0/s1. The highest BCUT2D eigenvalue weighted by atomic mass is 32.1. The van der Waals surface area contributed by atoms with Crippen LogP contribution in [0, 0.1) is 6.92 Å². The van der Waals surface area contributed by atoms with Crippen molar-refractivity contribution in [2.75, 3.05) is 6.61 Å². The van der Waals surface area contributed by atoms with E-state index in [2.05, 4.69) is 15.6 Å². The Bertz CT molecular complexity index is 674. The van der Waals surface area contributed by atoms with Crippen LogP contribution >= 0.6 is 11.3 Å². The molecule has 6 heteroatoms. The number of aryl methyl sites for hydroxylation is 1. The summed E-state index contributed by atoms with van der Waals surface area (Å²) in [6, 6.07) is 9.81. The summed E-state index contributed by atoms with van der Waals surface area (Å²) < 4.78 is 5.82. The van der Waals surface area contributed by atoms with Crippen LogP contribution in [0.25, 0.3) is 0 Å². The lowest BCUT2D eigenvalue weighted by atomic mass is 10.0. The Morgan fingerprint density at radius 3 is 2.88 bits per heavy atom. The van der Waals surface area contributed by atoms with Gasteiger partial charge in [0.05, 0.1) is 12.1 Å². The van der Waals surface area contributed by atoms with E-state index < -0.39 is 0 Å². The van der Waals surface area contributed by atoms with Crippen molar-refractivity contribution in [1.29, 1.82) is 0 Å². The Morgan fingerprint density at radius 2 is 2.21 bits per heavy atom. The van der Waals surface area contributed by atoms with Gasteiger partial charge in [-0.2, -0.15) is 0 Å². The minimum Gasteiger partial charge on any atom is -0.371 e. The zero-order valence-corrected chi connectivity index (χ0v) is 14.8. The van der Waals surface area contributed by atoms with Crippen LogP contribution in [0.5, 0.6) is 0 Å². The van der Waals surface area contributed by atoms with Crippen molar-refractivity contribution in [1.82, 2.24) is 15.6 Å². The lowest BCUT2D eigenvalue weighted by Crippen LogP contribution is -2.44. The molecule has 128 valence electrons. The van der Waals surface area contributed by atoms with Crippen LogP contribution in [0.3, 0.4) is 0 Å². The van der Waals surface area contributed by atoms with Gasteiger partial charge in [-0.3, -0.25) is 0 Å². The fourth-order valence-electron chi connectivity index (χ4n) is 2.95. The average molecular weight is 345 g/mol. The number of carbonyl (C=O) groups excluding carboxylic acids is 1. The van der Waals surface area contributed by atoms with Crippen molar-refractivity contribution in [3.05, 3.63) is 52.0 Å². The average Bonchev–Trinajstić information content (AvgIpc) is 3.22. The quantitative estimate of drug-likeness (QED) is 0.868. The van der Waals surface area contributed by atoms with Gasteiger partial charge in [-0.1, -0.05) is 37.3 Å². The van der Waals surface area contributed by atoms with Gasteiger partial charge >= 0.3 is 6.03 Å².